The fourth-order valence-electron chi connectivity index (χ4n) is 4.08. The molecule has 0 radical (unpaired) electrons. The minimum atomic E-state index is -3.64. The van der Waals surface area contributed by atoms with Gasteiger partial charge in [-0.25, -0.2) is 8.42 Å². The highest BCUT2D eigenvalue weighted by molar-refractivity contribution is 7.89. The summed E-state index contributed by atoms with van der Waals surface area (Å²) in [5.41, 5.74) is 0.544. The SMILES string of the molecule is CCOc1ccc(C(=O)CCC(=O)N2CCN(S(=O)(=O)c3ccc4ccccc4c3)CC2)cc1. The number of piperazine rings is 1. The van der Waals surface area contributed by atoms with Gasteiger partial charge in [0.2, 0.25) is 15.9 Å². The summed E-state index contributed by atoms with van der Waals surface area (Å²) in [7, 11) is -3.64. The van der Waals surface area contributed by atoms with Crippen LogP contribution in [0.4, 0.5) is 0 Å². The first-order valence-corrected chi connectivity index (χ1v) is 12.9. The van der Waals surface area contributed by atoms with Crippen LogP contribution in [0.15, 0.2) is 71.6 Å². The van der Waals surface area contributed by atoms with E-state index in [1.807, 2.05) is 37.3 Å². The Morgan fingerprint density at radius 2 is 1.53 bits per heavy atom. The summed E-state index contributed by atoms with van der Waals surface area (Å²) in [4.78, 5) is 27.0. The molecule has 0 saturated carbocycles. The van der Waals surface area contributed by atoms with E-state index in [0.717, 1.165) is 10.8 Å². The lowest BCUT2D eigenvalue weighted by atomic mass is 10.1. The van der Waals surface area contributed by atoms with E-state index in [1.165, 1.54) is 4.31 Å². The highest BCUT2D eigenvalue weighted by Gasteiger charge is 2.30. The fourth-order valence-corrected chi connectivity index (χ4v) is 5.54. The zero-order valence-electron chi connectivity index (χ0n) is 19.1. The number of ketones is 1. The van der Waals surface area contributed by atoms with Gasteiger partial charge in [0.05, 0.1) is 11.5 Å². The lowest BCUT2D eigenvalue weighted by molar-refractivity contribution is -0.132. The molecule has 0 unspecified atom stereocenters. The van der Waals surface area contributed by atoms with Gasteiger partial charge in [-0.2, -0.15) is 4.31 Å². The van der Waals surface area contributed by atoms with E-state index in [4.69, 9.17) is 4.74 Å². The Hall–Kier alpha value is -3.23. The molecule has 1 fully saturated rings. The molecule has 3 aromatic carbocycles. The Morgan fingerprint density at radius 1 is 0.853 bits per heavy atom. The third-order valence-electron chi connectivity index (χ3n) is 6.00. The molecule has 1 saturated heterocycles. The highest BCUT2D eigenvalue weighted by atomic mass is 32.2. The monoisotopic (exact) mass is 480 g/mol. The first kappa shape index (κ1) is 23.9. The van der Waals surface area contributed by atoms with Gasteiger partial charge in [0.15, 0.2) is 5.78 Å². The van der Waals surface area contributed by atoms with Crippen LogP contribution in [-0.4, -0.2) is 62.1 Å². The van der Waals surface area contributed by atoms with E-state index in [-0.39, 0.29) is 42.5 Å². The molecule has 8 heteroatoms. The van der Waals surface area contributed by atoms with Crippen molar-refractivity contribution < 1.29 is 22.7 Å². The minimum absolute atomic E-state index is 0.101. The van der Waals surface area contributed by atoms with Gasteiger partial charge in [0.1, 0.15) is 5.75 Å². The summed E-state index contributed by atoms with van der Waals surface area (Å²) < 4.78 is 33.0. The van der Waals surface area contributed by atoms with Gasteiger partial charge in [0.25, 0.3) is 0 Å². The van der Waals surface area contributed by atoms with E-state index < -0.39 is 10.0 Å². The fraction of sp³-hybridized carbons (Fsp3) is 0.308. The van der Waals surface area contributed by atoms with Crippen LogP contribution in [0, 0.1) is 0 Å². The van der Waals surface area contributed by atoms with Crippen molar-refractivity contribution in [3.05, 3.63) is 72.3 Å². The Morgan fingerprint density at radius 3 is 2.21 bits per heavy atom. The van der Waals surface area contributed by atoms with Crippen molar-refractivity contribution in [3.63, 3.8) is 0 Å². The third-order valence-corrected chi connectivity index (χ3v) is 7.90. The molecule has 0 atom stereocenters. The zero-order chi connectivity index (χ0) is 24.1. The van der Waals surface area contributed by atoms with Crippen LogP contribution in [0.3, 0.4) is 0 Å². The molecule has 0 aliphatic carbocycles. The number of carbonyl (C=O) groups excluding carboxylic acids is 2. The largest absolute Gasteiger partial charge is 0.494 e. The Bertz CT molecular complexity index is 1280. The van der Waals surface area contributed by atoms with Crippen LogP contribution < -0.4 is 4.74 Å². The molecule has 1 aliphatic rings. The van der Waals surface area contributed by atoms with E-state index in [9.17, 15) is 18.0 Å². The molecule has 1 heterocycles. The number of carbonyl (C=O) groups is 2. The maximum atomic E-state index is 13.1. The zero-order valence-corrected chi connectivity index (χ0v) is 20.0. The molecule has 178 valence electrons. The second kappa shape index (κ2) is 10.4. The maximum absolute atomic E-state index is 13.1. The van der Waals surface area contributed by atoms with Gasteiger partial charge in [-0.3, -0.25) is 9.59 Å². The summed E-state index contributed by atoms with van der Waals surface area (Å²) in [5, 5.41) is 1.85. The van der Waals surface area contributed by atoms with E-state index in [0.29, 0.717) is 31.0 Å². The normalized spacial score (nSPS) is 14.8. The lowest BCUT2D eigenvalue weighted by Crippen LogP contribution is -2.50. The first-order chi connectivity index (χ1) is 16.4. The minimum Gasteiger partial charge on any atom is -0.494 e. The van der Waals surface area contributed by atoms with Crippen LogP contribution in [0.5, 0.6) is 5.75 Å². The average Bonchev–Trinajstić information content (AvgIpc) is 2.87. The summed E-state index contributed by atoms with van der Waals surface area (Å²) >= 11 is 0. The number of Topliss-reactive ketones (excluding diaryl/α,β-unsaturated/α-hetero) is 1. The lowest BCUT2D eigenvalue weighted by Gasteiger charge is -2.34. The number of sulfonamides is 1. The maximum Gasteiger partial charge on any atom is 0.243 e. The first-order valence-electron chi connectivity index (χ1n) is 11.4. The van der Waals surface area contributed by atoms with Crippen molar-refractivity contribution in [2.24, 2.45) is 0 Å². The smallest absolute Gasteiger partial charge is 0.243 e. The van der Waals surface area contributed by atoms with Crippen molar-refractivity contribution in [2.75, 3.05) is 32.8 Å². The molecular weight excluding hydrogens is 452 g/mol. The van der Waals surface area contributed by atoms with Crippen molar-refractivity contribution in [1.82, 2.24) is 9.21 Å². The van der Waals surface area contributed by atoms with E-state index in [1.54, 1.807) is 41.3 Å². The van der Waals surface area contributed by atoms with Crippen LogP contribution in [0.1, 0.15) is 30.1 Å². The quantitative estimate of drug-likeness (QED) is 0.459. The molecular formula is C26H28N2O5S. The molecule has 0 N–H and O–H groups in total. The predicted octanol–water partition coefficient (Wildman–Crippen LogP) is 3.73. The van der Waals surface area contributed by atoms with E-state index in [2.05, 4.69) is 0 Å². The molecule has 34 heavy (non-hydrogen) atoms. The third kappa shape index (κ3) is 5.29. The van der Waals surface area contributed by atoms with Crippen molar-refractivity contribution in [1.29, 1.82) is 0 Å². The highest BCUT2D eigenvalue weighted by Crippen LogP contribution is 2.23. The summed E-state index contributed by atoms with van der Waals surface area (Å²) in [6.07, 6.45) is 0.214. The van der Waals surface area contributed by atoms with Gasteiger partial charge < -0.3 is 9.64 Å². The predicted molar refractivity (Wildman–Crippen MR) is 130 cm³/mol. The summed E-state index contributed by atoms with van der Waals surface area (Å²) in [5.74, 6) is 0.461. The van der Waals surface area contributed by atoms with Crippen LogP contribution in [-0.2, 0) is 14.8 Å². The topological polar surface area (TPSA) is 84.0 Å². The molecule has 3 aromatic rings. The average molecular weight is 481 g/mol. The Kier molecular flexibility index (Phi) is 7.29. The second-order valence-electron chi connectivity index (χ2n) is 8.17. The number of ether oxygens (including phenoxy) is 1. The molecule has 4 rings (SSSR count). The van der Waals surface area contributed by atoms with Gasteiger partial charge in [-0.15, -0.1) is 0 Å². The molecule has 0 spiro atoms. The second-order valence-corrected chi connectivity index (χ2v) is 10.1. The Labute approximate surface area is 200 Å². The number of nitrogens with zero attached hydrogens (tertiary/aromatic N) is 2. The van der Waals surface area contributed by atoms with Crippen molar-refractivity contribution >= 4 is 32.5 Å². The van der Waals surface area contributed by atoms with Crippen LogP contribution in [0.25, 0.3) is 10.8 Å². The summed E-state index contributed by atoms with van der Waals surface area (Å²) in [6.45, 7) is 3.52. The summed E-state index contributed by atoms with van der Waals surface area (Å²) in [6, 6.07) is 19.6. The molecule has 0 bridgehead atoms. The Balaban J connectivity index is 1.31. The van der Waals surface area contributed by atoms with Crippen molar-refractivity contribution in [3.8, 4) is 5.75 Å². The standard InChI is InChI=1S/C26H28N2O5S/c1-2-33-23-10-7-21(8-11-23)25(29)13-14-26(30)27-15-17-28(18-16-27)34(31,32)24-12-9-20-5-3-4-6-22(20)19-24/h3-12,19H,2,13-18H2,1H3. The number of hydrogen-bond donors (Lipinski definition) is 0. The number of benzene rings is 3. The van der Waals surface area contributed by atoms with Gasteiger partial charge >= 0.3 is 0 Å². The number of rotatable bonds is 8. The van der Waals surface area contributed by atoms with Gasteiger partial charge in [-0.05, 0) is 54.1 Å². The van der Waals surface area contributed by atoms with E-state index >= 15 is 0 Å². The molecule has 1 amide bonds. The van der Waals surface area contributed by atoms with Crippen LogP contribution >= 0.6 is 0 Å². The van der Waals surface area contributed by atoms with Crippen molar-refractivity contribution in [2.45, 2.75) is 24.7 Å². The van der Waals surface area contributed by atoms with Gasteiger partial charge in [-0.1, -0.05) is 30.3 Å². The van der Waals surface area contributed by atoms with Crippen LogP contribution in [0.2, 0.25) is 0 Å². The number of amides is 1. The number of hydrogen-bond acceptors (Lipinski definition) is 5. The molecule has 1 aliphatic heterocycles. The molecule has 0 aromatic heterocycles. The molecule has 7 nitrogen and oxygen atoms in total. The number of fused-ring (bicyclic) bond motifs is 1. The van der Waals surface area contributed by atoms with Gasteiger partial charge in [0, 0.05) is 44.6 Å².